The molecule has 2 unspecified atom stereocenters. The van der Waals surface area contributed by atoms with Gasteiger partial charge in [0.25, 0.3) is 0 Å². The Kier molecular flexibility index (Phi) is 4.25. The molecule has 0 heterocycles. The number of thioether (sulfide) groups is 1. The number of sulfone groups is 1. The highest BCUT2D eigenvalue weighted by atomic mass is 32.2. The maximum atomic E-state index is 11.4. The number of hydrogen-bond acceptors (Lipinski definition) is 5. The number of benzene rings is 1. The number of nitrogens with two attached hydrogens (primary N) is 1. The van der Waals surface area contributed by atoms with E-state index in [1.54, 1.807) is 23.9 Å². The predicted octanol–water partition coefficient (Wildman–Crippen LogP) is 1.42. The first-order valence-corrected chi connectivity index (χ1v) is 8.96. The van der Waals surface area contributed by atoms with Crippen LogP contribution in [0.3, 0.4) is 0 Å². The van der Waals surface area contributed by atoms with Gasteiger partial charge in [0.05, 0.1) is 11.5 Å². The summed E-state index contributed by atoms with van der Waals surface area (Å²) in [4.78, 5) is 1.38. The van der Waals surface area contributed by atoms with E-state index >= 15 is 0 Å². The van der Waals surface area contributed by atoms with Gasteiger partial charge in [-0.05, 0) is 43.5 Å². The molecule has 2 atom stereocenters. The van der Waals surface area contributed by atoms with Crippen molar-refractivity contribution in [3.63, 3.8) is 0 Å². The number of aliphatic hydroxyl groups is 1. The zero-order chi connectivity index (χ0) is 14.1. The monoisotopic (exact) mass is 301 g/mol. The zero-order valence-electron chi connectivity index (χ0n) is 10.9. The van der Waals surface area contributed by atoms with Crippen LogP contribution in [0.5, 0.6) is 0 Å². The topological polar surface area (TPSA) is 80.4 Å². The van der Waals surface area contributed by atoms with Gasteiger partial charge >= 0.3 is 0 Å². The molecule has 1 aromatic rings. The molecule has 1 fully saturated rings. The Morgan fingerprint density at radius 1 is 1.42 bits per heavy atom. The summed E-state index contributed by atoms with van der Waals surface area (Å²) in [6, 6.07) is 6.93. The van der Waals surface area contributed by atoms with E-state index in [1.165, 1.54) is 6.26 Å². The quantitative estimate of drug-likeness (QED) is 0.879. The second kappa shape index (κ2) is 5.44. The molecule has 106 valence electrons. The van der Waals surface area contributed by atoms with Gasteiger partial charge in [-0.3, -0.25) is 0 Å². The summed E-state index contributed by atoms with van der Waals surface area (Å²) < 4.78 is 22.7. The third-order valence-electron chi connectivity index (χ3n) is 3.47. The Morgan fingerprint density at radius 2 is 2.05 bits per heavy atom. The van der Waals surface area contributed by atoms with Gasteiger partial charge in [-0.1, -0.05) is 0 Å². The average molecular weight is 301 g/mol. The molecule has 0 spiro atoms. The average Bonchev–Trinajstić information content (AvgIpc) is 2.71. The summed E-state index contributed by atoms with van der Waals surface area (Å²) in [5.41, 5.74) is 5.60. The van der Waals surface area contributed by atoms with Gasteiger partial charge in [0.15, 0.2) is 9.84 Å². The fourth-order valence-electron chi connectivity index (χ4n) is 2.31. The lowest BCUT2D eigenvalue weighted by Gasteiger charge is -2.20. The van der Waals surface area contributed by atoms with Crippen molar-refractivity contribution in [2.75, 3.05) is 12.9 Å². The van der Waals surface area contributed by atoms with Crippen LogP contribution >= 0.6 is 11.8 Å². The van der Waals surface area contributed by atoms with Crippen LogP contribution < -0.4 is 5.73 Å². The highest BCUT2D eigenvalue weighted by molar-refractivity contribution is 8.00. The molecule has 0 saturated heterocycles. The second-order valence-electron chi connectivity index (χ2n) is 5.25. The van der Waals surface area contributed by atoms with E-state index in [-0.39, 0.29) is 6.61 Å². The van der Waals surface area contributed by atoms with Crippen molar-refractivity contribution >= 4 is 21.6 Å². The Balaban J connectivity index is 2.02. The molecular formula is C13H19NO3S2. The smallest absolute Gasteiger partial charge is 0.175 e. The van der Waals surface area contributed by atoms with Gasteiger partial charge in [-0.25, -0.2) is 8.42 Å². The molecule has 0 aliphatic heterocycles. The molecule has 1 saturated carbocycles. The highest BCUT2D eigenvalue weighted by Crippen LogP contribution is 2.38. The molecule has 19 heavy (non-hydrogen) atoms. The Morgan fingerprint density at radius 3 is 2.53 bits per heavy atom. The van der Waals surface area contributed by atoms with Gasteiger partial charge in [0, 0.05) is 21.9 Å². The van der Waals surface area contributed by atoms with Crippen molar-refractivity contribution in [3.8, 4) is 0 Å². The van der Waals surface area contributed by atoms with Crippen molar-refractivity contribution in [2.45, 2.75) is 39.8 Å². The Bertz CT molecular complexity index is 542. The lowest BCUT2D eigenvalue weighted by atomic mass is 10.0. The van der Waals surface area contributed by atoms with Crippen LogP contribution in [-0.4, -0.2) is 37.2 Å². The number of aliphatic hydroxyl groups excluding tert-OH is 1. The molecule has 6 heteroatoms. The van der Waals surface area contributed by atoms with Crippen molar-refractivity contribution in [1.82, 2.24) is 0 Å². The molecule has 0 bridgehead atoms. The fourth-order valence-corrected chi connectivity index (χ4v) is 4.27. The minimum absolute atomic E-state index is 0.0249. The van der Waals surface area contributed by atoms with Gasteiger partial charge in [-0.2, -0.15) is 0 Å². The van der Waals surface area contributed by atoms with Crippen LogP contribution in [0.25, 0.3) is 0 Å². The minimum Gasteiger partial charge on any atom is -0.394 e. The number of hydrogen-bond donors (Lipinski definition) is 2. The molecule has 1 aliphatic carbocycles. The van der Waals surface area contributed by atoms with Crippen LogP contribution in [0.1, 0.15) is 19.3 Å². The maximum Gasteiger partial charge on any atom is 0.175 e. The van der Waals surface area contributed by atoms with E-state index in [0.717, 1.165) is 24.2 Å². The van der Waals surface area contributed by atoms with Crippen LogP contribution in [0.4, 0.5) is 0 Å². The fraction of sp³-hybridized carbons (Fsp3) is 0.538. The Labute approximate surface area is 118 Å². The van der Waals surface area contributed by atoms with E-state index in [9.17, 15) is 13.5 Å². The van der Waals surface area contributed by atoms with Crippen molar-refractivity contribution in [2.24, 2.45) is 5.73 Å². The first-order valence-electron chi connectivity index (χ1n) is 6.19. The largest absolute Gasteiger partial charge is 0.394 e. The van der Waals surface area contributed by atoms with E-state index < -0.39 is 15.4 Å². The third kappa shape index (κ3) is 3.72. The Hall–Kier alpha value is -0.560. The molecule has 0 radical (unpaired) electrons. The van der Waals surface area contributed by atoms with E-state index in [2.05, 4.69) is 0 Å². The SMILES string of the molecule is CS(=O)(=O)c1ccc(SC2CCC(N)(CO)C2)cc1. The van der Waals surface area contributed by atoms with E-state index in [0.29, 0.717) is 10.1 Å². The van der Waals surface area contributed by atoms with Crippen LogP contribution in [0.2, 0.25) is 0 Å². The van der Waals surface area contributed by atoms with Gasteiger partial charge in [0.1, 0.15) is 0 Å². The summed E-state index contributed by atoms with van der Waals surface area (Å²) in [6.07, 6.45) is 3.82. The summed E-state index contributed by atoms with van der Waals surface area (Å²) in [5.74, 6) is 0. The van der Waals surface area contributed by atoms with Crippen molar-refractivity contribution in [1.29, 1.82) is 0 Å². The lowest BCUT2D eigenvalue weighted by molar-refractivity contribution is 0.200. The second-order valence-corrected chi connectivity index (χ2v) is 8.64. The molecule has 0 amide bonds. The van der Waals surface area contributed by atoms with Crippen LogP contribution in [0.15, 0.2) is 34.1 Å². The van der Waals surface area contributed by atoms with Gasteiger partial charge < -0.3 is 10.8 Å². The molecule has 3 N–H and O–H groups in total. The van der Waals surface area contributed by atoms with Crippen molar-refractivity contribution < 1.29 is 13.5 Å². The summed E-state index contributed by atoms with van der Waals surface area (Å²) in [6.45, 7) is 0.0249. The van der Waals surface area contributed by atoms with Crippen LogP contribution in [0, 0.1) is 0 Å². The maximum absolute atomic E-state index is 11.4. The van der Waals surface area contributed by atoms with Crippen molar-refractivity contribution in [3.05, 3.63) is 24.3 Å². The first-order chi connectivity index (χ1) is 8.82. The van der Waals surface area contributed by atoms with E-state index in [1.807, 2.05) is 12.1 Å². The molecule has 1 aromatic carbocycles. The zero-order valence-corrected chi connectivity index (χ0v) is 12.5. The lowest BCUT2D eigenvalue weighted by Crippen LogP contribution is -2.40. The first kappa shape index (κ1) is 14.8. The standard InChI is InChI=1S/C13H19NO3S2/c1-19(16,17)12-4-2-10(3-5-12)18-11-6-7-13(14,8-11)9-15/h2-5,11,15H,6-9,14H2,1H3. The summed E-state index contributed by atoms with van der Waals surface area (Å²) in [5, 5.41) is 9.62. The molecule has 1 aliphatic rings. The molecule has 0 aromatic heterocycles. The van der Waals surface area contributed by atoms with Gasteiger partial charge in [-0.15, -0.1) is 11.8 Å². The van der Waals surface area contributed by atoms with Gasteiger partial charge in [0.2, 0.25) is 0 Å². The van der Waals surface area contributed by atoms with Crippen LogP contribution in [-0.2, 0) is 9.84 Å². The summed E-state index contributed by atoms with van der Waals surface area (Å²) >= 11 is 1.70. The number of rotatable bonds is 4. The predicted molar refractivity (Wildman–Crippen MR) is 77.1 cm³/mol. The minimum atomic E-state index is -3.13. The molecule has 4 nitrogen and oxygen atoms in total. The third-order valence-corrected chi connectivity index (χ3v) is 5.88. The highest BCUT2D eigenvalue weighted by Gasteiger charge is 2.35. The summed E-state index contributed by atoms with van der Waals surface area (Å²) in [7, 11) is -3.13. The molecular weight excluding hydrogens is 282 g/mol. The normalized spacial score (nSPS) is 27.6. The van der Waals surface area contributed by atoms with E-state index in [4.69, 9.17) is 5.73 Å². The molecule has 2 rings (SSSR count).